The fraction of sp³-hybridized carbons (Fsp3) is 0.231. The van der Waals surface area contributed by atoms with E-state index < -0.39 is 0 Å². The first kappa shape index (κ1) is 14.9. The van der Waals surface area contributed by atoms with E-state index in [1.807, 2.05) is 6.92 Å². The largest absolute Gasteiger partial charge is 0.395 e. The number of carbonyl (C=O) groups excluding carboxylic acids is 1. The molecule has 2 aromatic rings. The van der Waals surface area contributed by atoms with E-state index in [0.717, 1.165) is 4.47 Å². The number of anilines is 2. The number of nitrogens with two attached hydrogens (primary N) is 1. The standard InChI is InChI=1S/C13H14BrClN4O/c1-3-9-11(16)12(19(2)18-9)13(20)17-10-6-7(14)4-5-8(10)15/h4-6H,3,16H2,1-2H3,(H,17,20). The third kappa shape index (κ3) is 2.81. The number of aromatic nitrogens is 2. The van der Waals surface area contributed by atoms with Gasteiger partial charge in [-0.3, -0.25) is 9.48 Å². The van der Waals surface area contributed by atoms with Crippen LogP contribution in [0.2, 0.25) is 5.02 Å². The summed E-state index contributed by atoms with van der Waals surface area (Å²) < 4.78 is 2.31. The molecule has 1 aromatic carbocycles. The number of halogens is 2. The van der Waals surface area contributed by atoms with E-state index in [2.05, 4.69) is 26.3 Å². The van der Waals surface area contributed by atoms with E-state index in [9.17, 15) is 4.79 Å². The Morgan fingerprint density at radius 1 is 1.55 bits per heavy atom. The summed E-state index contributed by atoms with van der Waals surface area (Å²) in [5.74, 6) is -0.336. The first-order valence-electron chi connectivity index (χ1n) is 6.01. The number of nitrogen functional groups attached to an aromatic ring is 1. The molecule has 0 saturated heterocycles. The zero-order valence-corrected chi connectivity index (χ0v) is 13.4. The molecule has 5 nitrogen and oxygen atoms in total. The van der Waals surface area contributed by atoms with Crippen molar-refractivity contribution in [1.82, 2.24) is 9.78 Å². The Kier molecular flexibility index (Phi) is 4.35. The van der Waals surface area contributed by atoms with Gasteiger partial charge in [0.05, 0.1) is 22.1 Å². The number of rotatable bonds is 3. The third-order valence-corrected chi connectivity index (χ3v) is 3.71. The molecule has 106 valence electrons. The lowest BCUT2D eigenvalue weighted by Gasteiger charge is -2.08. The van der Waals surface area contributed by atoms with Gasteiger partial charge in [0.2, 0.25) is 0 Å². The lowest BCUT2D eigenvalue weighted by atomic mass is 10.2. The SMILES string of the molecule is CCc1nn(C)c(C(=O)Nc2cc(Br)ccc2Cl)c1N. The van der Waals surface area contributed by atoms with E-state index in [4.69, 9.17) is 17.3 Å². The highest BCUT2D eigenvalue weighted by molar-refractivity contribution is 9.10. The molecule has 0 atom stereocenters. The molecule has 0 bridgehead atoms. The molecule has 1 heterocycles. The van der Waals surface area contributed by atoms with Crippen molar-refractivity contribution in [1.29, 1.82) is 0 Å². The fourth-order valence-electron chi connectivity index (χ4n) is 1.90. The Balaban J connectivity index is 2.33. The lowest BCUT2D eigenvalue weighted by Crippen LogP contribution is -2.17. The van der Waals surface area contributed by atoms with Gasteiger partial charge in [-0.2, -0.15) is 5.10 Å². The molecule has 0 aliphatic rings. The molecule has 0 radical (unpaired) electrons. The Hall–Kier alpha value is -1.53. The van der Waals surface area contributed by atoms with E-state index in [1.54, 1.807) is 25.2 Å². The molecule has 1 amide bonds. The van der Waals surface area contributed by atoms with Crippen molar-refractivity contribution in [3.63, 3.8) is 0 Å². The molecular weight excluding hydrogens is 344 g/mol. The number of nitrogens with one attached hydrogen (secondary N) is 1. The van der Waals surface area contributed by atoms with Gasteiger partial charge in [0.25, 0.3) is 5.91 Å². The van der Waals surface area contributed by atoms with Crippen molar-refractivity contribution < 1.29 is 4.79 Å². The van der Waals surface area contributed by atoms with E-state index >= 15 is 0 Å². The predicted molar refractivity (Wildman–Crippen MR) is 84.1 cm³/mol. The molecule has 1 aromatic heterocycles. The molecule has 7 heteroatoms. The van der Waals surface area contributed by atoms with E-state index in [-0.39, 0.29) is 5.91 Å². The summed E-state index contributed by atoms with van der Waals surface area (Å²) in [5.41, 5.74) is 7.91. The quantitative estimate of drug-likeness (QED) is 0.885. The summed E-state index contributed by atoms with van der Waals surface area (Å²) in [7, 11) is 1.69. The van der Waals surface area contributed by atoms with Crippen LogP contribution in [0.25, 0.3) is 0 Å². The average Bonchev–Trinajstić information content (AvgIpc) is 2.68. The topological polar surface area (TPSA) is 72.9 Å². The Morgan fingerprint density at radius 2 is 2.25 bits per heavy atom. The van der Waals surface area contributed by atoms with Gasteiger partial charge >= 0.3 is 0 Å². The van der Waals surface area contributed by atoms with Gasteiger partial charge in [-0.05, 0) is 24.6 Å². The molecule has 0 spiro atoms. The number of aryl methyl sites for hydroxylation is 2. The lowest BCUT2D eigenvalue weighted by molar-refractivity contribution is 0.101. The summed E-state index contributed by atoms with van der Waals surface area (Å²) in [5, 5.41) is 7.42. The number of benzene rings is 1. The normalized spacial score (nSPS) is 10.6. The van der Waals surface area contributed by atoms with Crippen LogP contribution in [0.4, 0.5) is 11.4 Å². The van der Waals surface area contributed by atoms with Crippen LogP contribution in [0.3, 0.4) is 0 Å². The third-order valence-electron chi connectivity index (χ3n) is 2.89. The fourth-order valence-corrected chi connectivity index (χ4v) is 2.43. The summed E-state index contributed by atoms with van der Waals surface area (Å²) in [6.07, 6.45) is 0.671. The highest BCUT2D eigenvalue weighted by Crippen LogP contribution is 2.27. The molecule has 3 N–H and O–H groups in total. The van der Waals surface area contributed by atoms with Crippen LogP contribution in [-0.4, -0.2) is 15.7 Å². The number of hydrogen-bond acceptors (Lipinski definition) is 3. The van der Waals surface area contributed by atoms with Gasteiger partial charge in [-0.15, -0.1) is 0 Å². The summed E-state index contributed by atoms with van der Waals surface area (Å²) >= 11 is 9.39. The summed E-state index contributed by atoms with van der Waals surface area (Å²) in [4.78, 5) is 12.3. The second-order valence-electron chi connectivity index (χ2n) is 4.26. The van der Waals surface area contributed by atoms with Crippen LogP contribution in [0, 0.1) is 0 Å². The maximum atomic E-state index is 12.3. The highest BCUT2D eigenvalue weighted by Gasteiger charge is 2.19. The predicted octanol–water partition coefficient (Wildman–Crippen LogP) is 3.23. The molecule has 0 saturated carbocycles. The highest BCUT2D eigenvalue weighted by atomic mass is 79.9. The molecule has 0 aliphatic heterocycles. The monoisotopic (exact) mass is 356 g/mol. The zero-order chi connectivity index (χ0) is 14.9. The van der Waals surface area contributed by atoms with Gasteiger partial charge in [0, 0.05) is 11.5 Å². The van der Waals surface area contributed by atoms with Crippen LogP contribution in [0.1, 0.15) is 23.1 Å². The van der Waals surface area contributed by atoms with Crippen LogP contribution in [-0.2, 0) is 13.5 Å². The van der Waals surface area contributed by atoms with Crippen LogP contribution in [0.5, 0.6) is 0 Å². The van der Waals surface area contributed by atoms with Gasteiger partial charge in [0.1, 0.15) is 5.69 Å². The first-order valence-corrected chi connectivity index (χ1v) is 7.18. The Bertz CT molecular complexity index is 669. The number of carbonyl (C=O) groups is 1. The van der Waals surface area contributed by atoms with E-state index in [1.165, 1.54) is 4.68 Å². The second-order valence-corrected chi connectivity index (χ2v) is 5.59. The number of amides is 1. The van der Waals surface area contributed by atoms with Crippen molar-refractivity contribution in [3.8, 4) is 0 Å². The van der Waals surface area contributed by atoms with Crippen molar-refractivity contribution in [2.75, 3.05) is 11.1 Å². The van der Waals surface area contributed by atoms with Crippen LogP contribution >= 0.6 is 27.5 Å². The molecule has 0 fully saturated rings. The maximum Gasteiger partial charge on any atom is 0.276 e. The Labute approximate surface area is 130 Å². The summed E-state index contributed by atoms with van der Waals surface area (Å²) in [6, 6.07) is 5.23. The van der Waals surface area contributed by atoms with Gasteiger partial charge in [0.15, 0.2) is 0 Å². The van der Waals surface area contributed by atoms with Crippen molar-refractivity contribution >= 4 is 44.8 Å². The Morgan fingerprint density at radius 3 is 2.85 bits per heavy atom. The van der Waals surface area contributed by atoms with E-state index in [0.29, 0.717) is 34.2 Å². The van der Waals surface area contributed by atoms with Crippen molar-refractivity contribution in [2.24, 2.45) is 7.05 Å². The molecule has 20 heavy (non-hydrogen) atoms. The minimum Gasteiger partial charge on any atom is -0.395 e. The molecule has 0 unspecified atom stereocenters. The molecular formula is C13H14BrClN4O. The molecule has 2 rings (SSSR count). The van der Waals surface area contributed by atoms with Crippen molar-refractivity contribution in [2.45, 2.75) is 13.3 Å². The first-order chi connectivity index (χ1) is 9.43. The smallest absolute Gasteiger partial charge is 0.276 e. The van der Waals surface area contributed by atoms with Gasteiger partial charge < -0.3 is 11.1 Å². The average molecular weight is 358 g/mol. The van der Waals surface area contributed by atoms with Crippen LogP contribution in [0.15, 0.2) is 22.7 Å². The summed E-state index contributed by atoms with van der Waals surface area (Å²) in [6.45, 7) is 1.94. The second kappa shape index (κ2) is 5.85. The maximum absolute atomic E-state index is 12.3. The van der Waals surface area contributed by atoms with Gasteiger partial charge in [-0.1, -0.05) is 34.5 Å². The minimum absolute atomic E-state index is 0.331. The van der Waals surface area contributed by atoms with Crippen LogP contribution < -0.4 is 11.1 Å². The molecule has 0 aliphatic carbocycles. The number of nitrogens with zero attached hydrogens (tertiary/aromatic N) is 2. The van der Waals surface area contributed by atoms with Crippen molar-refractivity contribution in [3.05, 3.63) is 39.1 Å². The number of hydrogen-bond donors (Lipinski definition) is 2. The minimum atomic E-state index is -0.336. The zero-order valence-electron chi connectivity index (χ0n) is 11.1. The van der Waals surface area contributed by atoms with Gasteiger partial charge in [-0.25, -0.2) is 0 Å².